The molecule has 1 fully saturated rings. The Labute approximate surface area is 160 Å². The van der Waals surface area contributed by atoms with Crippen molar-refractivity contribution in [3.05, 3.63) is 30.0 Å². The van der Waals surface area contributed by atoms with Gasteiger partial charge in [0, 0.05) is 38.1 Å². The van der Waals surface area contributed by atoms with Crippen LogP contribution in [0.3, 0.4) is 0 Å². The van der Waals surface area contributed by atoms with Crippen molar-refractivity contribution in [1.82, 2.24) is 20.1 Å². The molecule has 152 valence electrons. The third-order valence-electron chi connectivity index (χ3n) is 4.25. The summed E-state index contributed by atoms with van der Waals surface area (Å²) in [6.07, 6.45) is -4.53. The highest BCUT2D eigenvalue weighted by Crippen LogP contribution is 2.25. The van der Waals surface area contributed by atoms with Crippen LogP contribution in [0.5, 0.6) is 0 Å². The molecule has 0 radical (unpaired) electrons. The second-order valence-electron chi connectivity index (χ2n) is 6.08. The van der Waals surface area contributed by atoms with Crippen molar-refractivity contribution in [1.29, 1.82) is 0 Å². The highest BCUT2D eigenvalue weighted by Gasteiger charge is 2.44. The smallest absolute Gasteiger partial charge is 0.356 e. The van der Waals surface area contributed by atoms with Crippen LogP contribution in [0.4, 0.5) is 13.2 Å². The molecular formula is C15H20ClF3N4O3S. The standard InChI is InChI=1S/C15H19F3N4O3S.ClH/c16-15(17,18)14(22-7-5-19-6-8-22)9-20-26(23,24)10-12-11-3-1-2-4-13(11)25-21-12;/h1-4,14,19-20H,5-10H2;1H. The van der Waals surface area contributed by atoms with E-state index in [-0.39, 0.29) is 31.2 Å². The third-order valence-corrected chi connectivity index (χ3v) is 5.51. The van der Waals surface area contributed by atoms with Crippen LogP contribution in [0.1, 0.15) is 5.69 Å². The van der Waals surface area contributed by atoms with Crippen LogP contribution in [0.2, 0.25) is 0 Å². The second-order valence-corrected chi connectivity index (χ2v) is 7.88. The van der Waals surface area contributed by atoms with Crippen LogP contribution in [-0.4, -0.2) is 63.4 Å². The maximum absolute atomic E-state index is 13.3. The van der Waals surface area contributed by atoms with E-state index in [9.17, 15) is 21.6 Å². The normalized spacial score (nSPS) is 17.6. The maximum Gasteiger partial charge on any atom is 0.405 e. The Kier molecular flexibility index (Phi) is 7.09. The molecule has 1 aromatic carbocycles. The predicted molar refractivity (Wildman–Crippen MR) is 96.2 cm³/mol. The van der Waals surface area contributed by atoms with Gasteiger partial charge in [0.25, 0.3) is 0 Å². The second kappa shape index (κ2) is 8.74. The molecule has 1 aliphatic rings. The van der Waals surface area contributed by atoms with Crippen LogP contribution in [0.25, 0.3) is 11.0 Å². The first-order chi connectivity index (χ1) is 12.3. The molecule has 1 atom stereocenters. The SMILES string of the molecule is Cl.O=S(=O)(Cc1noc2ccccc12)NCC(N1CCNCC1)C(F)(F)F. The molecule has 2 heterocycles. The molecule has 1 saturated heterocycles. The lowest BCUT2D eigenvalue weighted by atomic mass is 10.2. The molecule has 0 amide bonds. The summed E-state index contributed by atoms with van der Waals surface area (Å²) in [5.74, 6) is -0.545. The first-order valence-corrected chi connectivity index (χ1v) is 9.73. The summed E-state index contributed by atoms with van der Waals surface area (Å²) < 4.78 is 71.7. The Morgan fingerprint density at radius 3 is 2.59 bits per heavy atom. The fraction of sp³-hybridized carbons (Fsp3) is 0.533. The largest absolute Gasteiger partial charge is 0.405 e. The lowest BCUT2D eigenvalue weighted by Gasteiger charge is -2.35. The summed E-state index contributed by atoms with van der Waals surface area (Å²) in [5, 5.41) is 7.21. The van der Waals surface area contributed by atoms with Crippen molar-refractivity contribution in [2.45, 2.75) is 18.0 Å². The van der Waals surface area contributed by atoms with Crippen molar-refractivity contribution >= 4 is 33.4 Å². The number of piperazine rings is 1. The van der Waals surface area contributed by atoms with Gasteiger partial charge in [-0.15, -0.1) is 12.4 Å². The Bertz CT molecular complexity index is 853. The molecular weight excluding hydrogens is 409 g/mol. The fourth-order valence-electron chi connectivity index (χ4n) is 2.92. The molecule has 1 aromatic heterocycles. The maximum atomic E-state index is 13.3. The molecule has 1 aliphatic heterocycles. The van der Waals surface area contributed by atoms with Crippen LogP contribution in [0, 0.1) is 0 Å². The summed E-state index contributed by atoms with van der Waals surface area (Å²) in [5.41, 5.74) is 0.588. The lowest BCUT2D eigenvalue weighted by Crippen LogP contribution is -2.57. The van der Waals surface area contributed by atoms with Gasteiger partial charge in [-0.2, -0.15) is 13.2 Å². The van der Waals surface area contributed by atoms with E-state index in [0.717, 1.165) is 0 Å². The number of alkyl halides is 3. The number of benzene rings is 1. The molecule has 0 aliphatic carbocycles. The molecule has 0 bridgehead atoms. The van der Waals surface area contributed by atoms with Crippen molar-refractivity contribution in [2.24, 2.45) is 0 Å². The molecule has 2 N–H and O–H groups in total. The molecule has 0 spiro atoms. The van der Waals surface area contributed by atoms with Gasteiger partial charge in [-0.25, -0.2) is 13.1 Å². The zero-order valence-electron chi connectivity index (χ0n) is 14.2. The summed E-state index contributed by atoms with van der Waals surface area (Å²) in [4.78, 5) is 1.24. The van der Waals surface area contributed by atoms with Gasteiger partial charge in [-0.1, -0.05) is 17.3 Å². The summed E-state index contributed by atoms with van der Waals surface area (Å²) >= 11 is 0. The zero-order valence-corrected chi connectivity index (χ0v) is 15.8. The van der Waals surface area contributed by atoms with Gasteiger partial charge in [0.2, 0.25) is 10.0 Å². The number of sulfonamides is 1. The number of aromatic nitrogens is 1. The van der Waals surface area contributed by atoms with E-state index in [4.69, 9.17) is 4.52 Å². The van der Waals surface area contributed by atoms with E-state index < -0.39 is 34.5 Å². The Hall–Kier alpha value is -1.40. The minimum absolute atomic E-state index is 0. The number of rotatable bonds is 6. The van der Waals surface area contributed by atoms with E-state index in [1.54, 1.807) is 24.3 Å². The van der Waals surface area contributed by atoms with Crippen LogP contribution < -0.4 is 10.0 Å². The Morgan fingerprint density at radius 2 is 1.93 bits per heavy atom. The summed E-state index contributed by atoms with van der Waals surface area (Å²) in [6, 6.07) is 4.83. The van der Waals surface area contributed by atoms with Crippen LogP contribution in [0.15, 0.2) is 28.8 Å². The summed E-state index contributed by atoms with van der Waals surface area (Å²) in [6.45, 7) is 0.551. The predicted octanol–water partition coefficient (Wildman–Crippen LogP) is 1.51. The number of nitrogens with zero attached hydrogens (tertiary/aromatic N) is 2. The number of fused-ring (bicyclic) bond motifs is 1. The van der Waals surface area contributed by atoms with Gasteiger partial charge >= 0.3 is 6.18 Å². The molecule has 0 saturated carbocycles. The lowest BCUT2D eigenvalue weighted by molar-refractivity contribution is -0.182. The van der Waals surface area contributed by atoms with Crippen LogP contribution >= 0.6 is 12.4 Å². The number of nitrogens with one attached hydrogen (secondary N) is 2. The highest BCUT2D eigenvalue weighted by atomic mass is 35.5. The van der Waals surface area contributed by atoms with E-state index in [1.165, 1.54) is 4.90 Å². The molecule has 1 unspecified atom stereocenters. The van der Waals surface area contributed by atoms with Gasteiger partial charge in [0.1, 0.15) is 17.5 Å². The number of hydrogen-bond donors (Lipinski definition) is 2. The number of hydrogen-bond acceptors (Lipinski definition) is 6. The van der Waals surface area contributed by atoms with Gasteiger partial charge in [-0.05, 0) is 12.1 Å². The Morgan fingerprint density at radius 1 is 1.26 bits per heavy atom. The molecule has 7 nitrogen and oxygen atoms in total. The van der Waals surface area contributed by atoms with E-state index in [1.807, 2.05) is 0 Å². The third kappa shape index (κ3) is 5.55. The average molecular weight is 429 g/mol. The topological polar surface area (TPSA) is 87.5 Å². The first kappa shape index (κ1) is 21.9. The molecule has 12 heteroatoms. The quantitative estimate of drug-likeness (QED) is 0.725. The first-order valence-electron chi connectivity index (χ1n) is 8.08. The van der Waals surface area contributed by atoms with Crippen molar-refractivity contribution in [2.75, 3.05) is 32.7 Å². The van der Waals surface area contributed by atoms with Gasteiger partial charge in [0.15, 0.2) is 5.58 Å². The molecule has 2 aromatic rings. The zero-order chi connectivity index (χ0) is 18.8. The van der Waals surface area contributed by atoms with Crippen molar-refractivity contribution in [3.8, 4) is 0 Å². The van der Waals surface area contributed by atoms with Gasteiger partial charge in [0.05, 0.1) is 0 Å². The summed E-state index contributed by atoms with van der Waals surface area (Å²) in [7, 11) is -4.00. The van der Waals surface area contributed by atoms with E-state index >= 15 is 0 Å². The molecule has 3 rings (SSSR count). The monoisotopic (exact) mass is 428 g/mol. The minimum atomic E-state index is -4.53. The van der Waals surface area contributed by atoms with Gasteiger partial charge < -0.3 is 9.84 Å². The van der Waals surface area contributed by atoms with Crippen LogP contribution in [-0.2, 0) is 15.8 Å². The Balaban J connectivity index is 0.00000261. The van der Waals surface area contributed by atoms with Gasteiger partial charge in [-0.3, -0.25) is 4.90 Å². The average Bonchev–Trinajstić information content (AvgIpc) is 2.97. The highest BCUT2D eigenvalue weighted by molar-refractivity contribution is 7.88. The number of para-hydroxylation sites is 1. The minimum Gasteiger partial charge on any atom is -0.356 e. The molecule has 27 heavy (non-hydrogen) atoms. The van der Waals surface area contributed by atoms with Crippen molar-refractivity contribution in [3.63, 3.8) is 0 Å². The fourth-order valence-corrected chi connectivity index (χ4v) is 4.01. The number of halogens is 4. The van der Waals surface area contributed by atoms with E-state index in [2.05, 4.69) is 15.2 Å². The van der Waals surface area contributed by atoms with Crippen molar-refractivity contribution < 1.29 is 26.1 Å². The van der Waals surface area contributed by atoms with E-state index in [0.29, 0.717) is 24.1 Å².